The van der Waals surface area contributed by atoms with Crippen LogP contribution >= 0.6 is 0 Å². The highest BCUT2D eigenvalue weighted by molar-refractivity contribution is 7.89. The molecule has 1 unspecified atom stereocenters. The van der Waals surface area contributed by atoms with Crippen LogP contribution in [0.1, 0.15) is 20.3 Å². The van der Waals surface area contributed by atoms with E-state index in [9.17, 15) is 13.5 Å². The molecule has 0 spiro atoms. The number of nitrogens with zero attached hydrogens (tertiary/aromatic N) is 1. The maximum atomic E-state index is 11.7. The van der Waals surface area contributed by atoms with E-state index < -0.39 is 15.6 Å². The summed E-state index contributed by atoms with van der Waals surface area (Å²) < 4.78 is 29.8. The summed E-state index contributed by atoms with van der Waals surface area (Å²) in [7, 11) is -3.25. The maximum absolute atomic E-state index is 11.7. The second kappa shape index (κ2) is 4.78. The summed E-state index contributed by atoms with van der Waals surface area (Å²) in [4.78, 5) is 0. The van der Waals surface area contributed by atoms with Crippen LogP contribution in [0.4, 0.5) is 0 Å². The monoisotopic (exact) mass is 237 g/mol. The molecular weight excluding hydrogens is 218 g/mol. The van der Waals surface area contributed by atoms with Crippen LogP contribution in [0.25, 0.3) is 0 Å². The Hall–Kier alpha value is -0.170. The molecule has 1 aliphatic rings. The minimum atomic E-state index is -3.25. The van der Waals surface area contributed by atoms with E-state index in [0.29, 0.717) is 19.6 Å². The third-order valence-corrected chi connectivity index (χ3v) is 4.28. The lowest BCUT2D eigenvalue weighted by Gasteiger charge is -2.18. The molecule has 0 bridgehead atoms. The van der Waals surface area contributed by atoms with Gasteiger partial charge in [0.05, 0.1) is 18.0 Å². The molecule has 0 radical (unpaired) electrons. The molecule has 1 atom stereocenters. The van der Waals surface area contributed by atoms with Gasteiger partial charge < -0.3 is 9.84 Å². The lowest BCUT2D eigenvalue weighted by atomic mass is 10.1. The van der Waals surface area contributed by atoms with Crippen molar-refractivity contribution in [3.63, 3.8) is 0 Å². The standard InChI is InChI=1S/C9H19NO4S/c1-3-14-6-7-15(12,13)10-5-4-9(2,11)8-10/h11H,3-8H2,1-2H3. The average molecular weight is 237 g/mol. The third-order valence-electron chi connectivity index (χ3n) is 2.50. The van der Waals surface area contributed by atoms with Gasteiger partial charge in [0.15, 0.2) is 0 Å². The zero-order valence-electron chi connectivity index (χ0n) is 9.27. The van der Waals surface area contributed by atoms with Crippen LogP contribution in [-0.4, -0.2) is 55.5 Å². The first-order valence-electron chi connectivity index (χ1n) is 5.15. The third kappa shape index (κ3) is 3.71. The average Bonchev–Trinajstić information content (AvgIpc) is 2.47. The fraction of sp³-hybridized carbons (Fsp3) is 1.00. The van der Waals surface area contributed by atoms with Crippen LogP contribution < -0.4 is 0 Å². The van der Waals surface area contributed by atoms with Gasteiger partial charge in [0, 0.05) is 19.7 Å². The highest BCUT2D eigenvalue weighted by Gasteiger charge is 2.37. The van der Waals surface area contributed by atoms with Gasteiger partial charge in [-0.15, -0.1) is 0 Å². The lowest BCUT2D eigenvalue weighted by Crippen LogP contribution is -2.36. The molecule has 90 valence electrons. The summed E-state index contributed by atoms with van der Waals surface area (Å²) in [5, 5.41) is 9.66. The zero-order valence-corrected chi connectivity index (χ0v) is 10.1. The number of ether oxygens (including phenoxy) is 1. The van der Waals surface area contributed by atoms with E-state index in [1.807, 2.05) is 6.92 Å². The second-order valence-corrected chi connectivity index (χ2v) is 6.18. The predicted molar refractivity (Wildman–Crippen MR) is 57.1 cm³/mol. The van der Waals surface area contributed by atoms with Gasteiger partial charge in [-0.2, -0.15) is 4.31 Å². The number of β-amino-alcohol motifs (C(OH)–C–C–N with tert-alkyl or cyclic N) is 1. The van der Waals surface area contributed by atoms with Gasteiger partial charge in [0.2, 0.25) is 10.0 Å². The number of rotatable bonds is 5. The molecule has 15 heavy (non-hydrogen) atoms. The van der Waals surface area contributed by atoms with Gasteiger partial charge in [0.25, 0.3) is 0 Å². The molecule has 1 rings (SSSR count). The molecule has 1 N–H and O–H groups in total. The molecule has 6 heteroatoms. The van der Waals surface area contributed by atoms with Crippen LogP contribution in [0.2, 0.25) is 0 Å². The van der Waals surface area contributed by atoms with Gasteiger partial charge in [-0.25, -0.2) is 8.42 Å². The summed E-state index contributed by atoms with van der Waals surface area (Å²) in [6.45, 7) is 4.83. The molecule has 1 heterocycles. The Morgan fingerprint density at radius 2 is 2.20 bits per heavy atom. The van der Waals surface area contributed by atoms with E-state index in [0.717, 1.165) is 0 Å². The van der Waals surface area contributed by atoms with E-state index in [-0.39, 0.29) is 18.9 Å². The summed E-state index contributed by atoms with van der Waals surface area (Å²) >= 11 is 0. The van der Waals surface area contributed by atoms with Crippen LogP contribution in [0.3, 0.4) is 0 Å². The molecule has 1 aliphatic heterocycles. The molecule has 1 saturated heterocycles. The molecule has 0 amide bonds. The van der Waals surface area contributed by atoms with Gasteiger partial charge in [-0.05, 0) is 20.3 Å². The van der Waals surface area contributed by atoms with Crippen molar-refractivity contribution in [3.05, 3.63) is 0 Å². The van der Waals surface area contributed by atoms with E-state index in [4.69, 9.17) is 4.74 Å². The summed E-state index contributed by atoms with van der Waals surface area (Å²) in [5.41, 5.74) is -0.876. The van der Waals surface area contributed by atoms with Crippen molar-refractivity contribution in [2.45, 2.75) is 25.9 Å². The van der Waals surface area contributed by atoms with Crippen LogP contribution in [0.15, 0.2) is 0 Å². The molecule has 0 aliphatic carbocycles. The minimum absolute atomic E-state index is 0.00306. The van der Waals surface area contributed by atoms with Crippen LogP contribution in [0.5, 0.6) is 0 Å². The Morgan fingerprint density at radius 1 is 1.53 bits per heavy atom. The van der Waals surface area contributed by atoms with Crippen LogP contribution in [0, 0.1) is 0 Å². The number of hydrogen-bond donors (Lipinski definition) is 1. The smallest absolute Gasteiger partial charge is 0.216 e. The Morgan fingerprint density at radius 3 is 2.67 bits per heavy atom. The number of hydrogen-bond acceptors (Lipinski definition) is 4. The lowest BCUT2D eigenvalue weighted by molar-refractivity contribution is 0.0761. The van der Waals surface area contributed by atoms with E-state index in [2.05, 4.69) is 0 Å². The molecule has 1 fully saturated rings. The van der Waals surface area contributed by atoms with Gasteiger partial charge in [-0.1, -0.05) is 0 Å². The van der Waals surface area contributed by atoms with E-state index in [1.54, 1.807) is 6.92 Å². The Bertz CT molecular complexity index is 299. The second-order valence-electron chi connectivity index (χ2n) is 4.09. The molecule has 0 aromatic carbocycles. The van der Waals surface area contributed by atoms with Gasteiger partial charge in [-0.3, -0.25) is 0 Å². The zero-order chi connectivity index (χ0) is 11.5. The van der Waals surface area contributed by atoms with Crippen molar-refractivity contribution < 1.29 is 18.3 Å². The first kappa shape index (κ1) is 12.9. The van der Waals surface area contributed by atoms with Crippen molar-refractivity contribution in [3.8, 4) is 0 Å². The molecular formula is C9H19NO4S. The SMILES string of the molecule is CCOCCS(=O)(=O)N1CCC(C)(O)C1. The van der Waals surface area contributed by atoms with Crippen molar-refractivity contribution in [1.82, 2.24) is 4.31 Å². The fourth-order valence-corrected chi connectivity index (χ4v) is 3.01. The Balaban J connectivity index is 2.49. The molecule has 5 nitrogen and oxygen atoms in total. The van der Waals surface area contributed by atoms with Crippen LogP contribution in [-0.2, 0) is 14.8 Å². The Kier molecular flexibility index (Phi) is 4.11. The summed E-state index contributed by atoms with van der Waals surface area (Å²) in [5.74, 6) is -0.00306. The fourth-order valence-electron chi connectivity index (χ4n) is 1.58. The highest BCUT2D eigenvalue weighted by Crippen LogP contribution is 2.22. The van der Waals surface area contributed by atoms with Crippen molar-refractivity contribution in [2.75, 3.05) is 32.1 Å². The highest BCUT2D eigenvalue weighted by atomic mass is 32.2. The molecule has 0 aromatic heterocycles. The van der Waals surface area contributed by atoms with Crippen molar-refractivity contribution in [1.29, 1.82) is 0 Å². The topological polar surface area (TPSA) is 66.8 Å². The first-order chi connectivity index (χ1) is 6.87. The Labute approximate surface area is 91.1 Å². The summed E-state index contributed by atoms with van der Waals surface area (Å²) in [6, 6.07) is 0. The first-order valence-corrected chi connectivity index (χ1v) is 6.76. The number of sulfonamides is 1. The maximum Gasteiger partial charge on any atom is 0.216 e. The van der Waals surface area contributed by atoms with E-state index >= 15 is 0 Å². The quantitative estimate of drug-likeness (QED) is 0.673. The predicted octanol–water partition coefficient (Wildman–Crippen LogP) is -0.191. The van der Waals surface area contributed by atoms with E-state index in [1.165, 1.54) is 4.31 Å². The minimum Gasteiger partial charge on any atom is -0.389 e. The summed E-state index contributed by atoms with van der Waals surface area (Å²) in [6.07, 6.45) is 0.501. The van der Waals surface area contributed by atoms with Crippen molar-refractivity contribution in [2.24, 2.45) is 0 Å². The van der Waals surface area contributed by atoms with Crippen molar-refractivity contribution >= 4 is 10.0 Å². The largest absolute Gasteiger partial charge is 0.389 e. The van der Waals surface area contributed by atoms with Gasteiger partial charge in [0.1, 0.15) is 0 Å². The number of aliphatic hydroxyl groups is 1. The van der Waals surface area contributed by atoms with Gasteiger partial charge >= 0.3 is 0 Å². The molecule has 0 aromatic rings. The molecule has 0 saturated carbocycles. The normalized spacial score (nSPS) is 28.5.